The molecule has 6 rings (SSSR count). The lowest BCUT2D eigenvalue weighted by Crippen LogP contribution is -2.38. The summed E-state index contributed by atoms with van der Waals surface area (Å²) in [6.45, 7) is 1.15. The van der Waals surface area contributed by atoms with E-state index in [4.69, 9.17) is 37.6 Å². The Morgan fingerprint density at radius 2 is 1.86 bits per heavy atom. The molecule has 228 valence electrons. The first-order valence-corrected chi connectivity index (χ1v) is 16.6. The summed E-state index contributed by atoms with van der Waals surface area (Å²) in [6, 6.07) is 12.5. The molecule has 0 unspecified atom stereocenters. The molecule has 0 radical (unpaired) electrons. The highest BCUT2D eigenvalue weighted by atomic mass is 35.5. The van der Waals surface area contributed by atoms with Gasteiger partial charge in [-0.2, -0.15) is 0 Å². The second kappa shape index (κ2) is 12.1. The Morgan fingerprint density at radius 3 is 2.47 bits per heavy atom. The molecule has 13 heteroatoms. The molecule has 2 bridgehead atoms. The van der Waals surface area contributed by atoms with Crippen LogP contribution in [0.5, 0.6) is 0 Å². The molecule has 2 aliphatic carbocycles. The number of rotatable bonds is 13. The monoisotopic (exact) mass is 647 g/mol. The summed E-state index contributed by atoms with van der Waals surface area (Å²) in [5, 5.41) is 14.2. The number of fused-ring (bicyclic) bond motifs is 2. The molecule has 2 saturated carbocycles. The summed E-state index contributed by atoms with van der Waals surface area (Å²) in [5.74, 6) is 0.0000431. The van der Waals surface area contributed by atoms with Crippen molar-refractivity contribution in [1.29, 1.82) is 0 Å². The van der Waals surface area contributed by atoms with Gasteiger partial charge in [-0.15, -0.1) is 0 Å². The van der Waals surface area contributed by atoms with Crippen LogP contribution in [0.2, 0.25) is 10.0 Å². The van der Waals surface area contributed by atoms with Gasteiger partial charge in [0.2, 0.25) is 16.4 Å². The van der Waals surface area contributed by atoms with E-state index in [1.54, 1.807) is 30.3 Å². The molecule has 1 aromatic heterocycles. The van der Waals surface area contributed by atoms with Gasteiger partial charge in [-0.1, -0.05) is 34.4 Å². The van der Waals surface area contributed by atoms with Crippen molar-refractivity contribution in [2.45, 2.75) is 63.2 Å². The van der Waals surface area contributed by atoms with Crippen molar-refractivity contribution in [1.82, 2.24) is 5.16 Å². The van der Waals surface area contributed by atoms with Gasteiger partial charge < -0.3 is 19.3 Å². The predicted molar refractivity (Wildman–Crippen MR) is 162 cm³/mol. The number of nitrogens with zero attached hydrogens (tertiary/aromatic N) is 3. The molecule has 43 heavy (non-hydrogen) atoms. The van der Waals surface area contributed by atoms with Crippen molar-refractivity contribution >= 4 is 57.0 Å². The van der Waals surface area contributed by atoms with Gasteiger partial charge in [-0.3, -0.25) is 9.59 Å². The molecular formula is C30H31Cl2N3O7S. The van der Waals surface area contributed by atoms with Crippen molar-refractivity contribution in [3.05, 3.63) is 63.8 Å². The van der Waals surface area contributed by atoms with Crippen molar-refractivity contribution in [2.24, 2.45) is 5.92 Å². The minimum Gasteiger partial charge on any atom is -0.481 e. The number of hydrogen-bond acceptors (Lipinski definition) is 8. The number of hydrogen-bond donors (Lipinski definition) is 1. The Hall–Kier alpha value is -3.12. The van der Waals surface area contributed by atoms with Crippen LogP contribution in [0.25, 0.3) is 11.3 Å². The lowest BCUT2D eigenvalue weighted by molar-refractivity contribution is -0.137. The average molecular weight is 649 g/mol. The van der Waals surface area contributed by atoms with Gasteiger partial charge in [-0.25, -0.2) is 12.7 Å². The minimum atomic E-state index is -3.98. The van der Waals surface area contributed by atoms with E-state index in [1.165, 1.54) is 0 Å². The molecule has 3 aromatic rings. The fraction of sp³-hybridized carbons (Fsp3) is 0.433. The Labute approximate surface area is 259 Å². The number of ether oxygens (including phenoxy) is 1. The topological polar surface area (TPSA) is 130 Å². The summed E-state index contributed by atoms with van der Waals surface area (Å²) in [4.78, 5) is 24.7. The lowest BCUT2D eigenvalue weighted by atomic mass is 10.0. The molecular weight excluding hydrogens is 617 g/mol. The number of carboxylic acid groups (broad SMARTS) is 1. The van der Waals surface area contributed by atoms with Gasteiger partial charge in [0.1, 0.15) is 11.5 Å². The van der Waals surface area contributed by atoms with Gasteiger partial charge in [-0.05, 0) is 68.5 Å². The average Bonchev–Trinajstić information content (AvgIpc) is 3.41. The molecule has 1 aliphatic heterocycles. The van der Waals surface area contributed by atoms with Gasteiger partial charge >= 0.3 is 5.97 Å². The van der Waals surface area contributed by atoms with Crippen LogP contribution < -0.4 is 9.21 Å². The molecule has 2 heterocycles. The number of carbonyl (C=O) groups is 2. The van der Waals surface area contributed by atoms with Gasteiger partial charge in [0.25, 0.3) is 0 Å². The molecule has 3 fully saturated rings. The first-order chi connectivity index (χ1) is 20.7. The number of carbonyl (C=O) groups excluding carboxylic acids is 1. The van der Waals surface area contributed by atoms with Crippen LogP contribution in [-0.2, 0) is 31.0 Å². The second-order valence-corrected chi connectivity index (χ2v) is 14.1. The quantitative estimate of drug-likeness (QED) is 0.226. The number of sulfonamides is 1. The van der Waals surface area contributed by atoms with Gasteiger partial charge in [0.15, 0.2) is 0 Å². The van der Waals surface area contributed by atoms with Crippen LogP contribution in [-0.4, -0.2) is 55.5 Å². The molecule has 1 amide bonds. The third-order valence-corrected chi connectivity index (χ3v) is 10.8. The van der Waals surface area contributed by atoms with E-state index in [9.17, 15) is 18.0 Å². The van der Waals surface area contributed by atoms with E-state index in [0.717, 1.165) is 49.2 Å². The van der Waals surface area contributed by atoms with E-state index in [2.05, 4.69) is 10.1 Å². The van der Waals surface area contributed by atoms with E-state index in [0.29, 0.717) is 44.1 Å². The van der Waals surface area contributed by atoms with Crippen LogP contribution in [0.4, 0.5) is 11.4 Å². The third kappa shape index (κ3) is 6.13. The molecule has 3 atom stereocenters. The lowest BCUT2D eigenvalue weighted by Gasteiger charge is -2.33. The maximum Gasteiger partial charge on any atom is 0.303 e. The van der Waals surface area contributed by atoms with Gasteiger partial charge in [0.05, 0.1) is 34.2 Å². The number of halogens is 2. The molecule has 1 N–H and O–H groups in total. The number of anilines is 2. The van der Waals surface area contributed by atoms with Crippen LogP contribution in [0.1, 0.15) is 55.8 Å². The van der Waals surface area contributed by atoms with Crippen molar-refractivity contribution in [2.75, 3.05) is 21.5 Å². The second-order valence-electron chi connectivity index (χ2n) is 11.4. The first-order valence-electron chi connectivity index (χ1n) is 14.3. The highest BCUT2D eigenvalue weighted by Crippen LogP contribution is 2.47. The van der Waals surface area contributed by atoms with Crippen LogP contribution in [0, 0.1) is 5.92 Å². The summed E-state index contributed by atoms with van der Waals surface area (Å²) in [7, 11) is -3.98. The molecule has 2 aromatic carbocycles. The van der Waals surface area contributed by atoms with Crippen LogP contribution >= 0.6 is 23.2 Å². The minimum absolute atomic E-state index is 0.0681. The zero-order valence-corrected chi connectivity index (χ0v) is 25.5. The Balaban J connectivity index is 1.10. The molecule has 3 aliphatic rings. The Morgan fingerprint density at radius 1 is 1.14 bits per heavy atom. The van der Waals surface area contributed by atoms with Crippen LogP contribution in [0.15, 0.2) is 47.0 Å². The number of aromatic nitrogens is 1. The zero-order valence-electron chi connectivity index (χ0n) is 23.2. The van der Waals surface area contributed by atoms with Crippen LogP contribution in [0.3, 0.4) is 0 Å². The zero-order chi connectivity index (χ0) is 30.3. The largest absolute Gasteiger partial charge is 0.481 e. The maximum absolute atomic E-state index is 12.6. The maximum atomic E-state index is 12.6. The number of benzene rings is 2. The SMILES string of the molecule is O=CN(c1ccc(N2C[C@@H]3C[C@H]2C[C@H]3OCc2c(-c3c(Cl)cccc3Cl)noc2C2CC2)cc1)S(=O)(=O)CCCC(=O)O. The summed E-state index contributed by atoms with van der Waals surface area (Å²) < 4.78 is 38.2. The number of carboxylic acids is 1. The van der Waals surface area contributed by atoms with Crippen molar-refractivity contribution in [3.8, 4) is 11.3 Å². The van der Waals surface area contributed by atoms with Crippen molar-refractivity contribution < 1.29 is 32.4 Å². The predicted octanol–water partition coefficient (Wildman–Crippen LogP) is 5.87. The van der Waals surface area contributed by atoms with E-state index in [1.807, 2.05) is 12.1 Å². The highest BCUT2D eigenvalue weighted by Gasteiger charge is 2.46. The number of amides is 1. The number of aliphatic carboxylic acids is 1. The normalized spacial score (nSPS) is 21.3. The van der Waals surface area contributed by atoms with E-state index < -0.39 is 21.7 Å². The number of piperidine rings is 1. The summed E-state index contributed by atoms with van der Waals surface area (Å²) in [6.07, 6.45) is 3.89. The fourth-order valence-corrected chi connectivity index (χ4v) is 8.10. The Bertz CT molecular complexity index is 1600. The van der Waals surface area contributed by atoms with Crippen molar-refractivity contribution in [3.63, 3.8) is 0 Å². The van der Waals surface area contributed by atoms with Gasteiger partial charge in [0, 0.05) is 47.7 Å². The smallest absolute Gasteiger partial charge is 0.303 e. The first kappa shape index (κ1) is 29.9. The summed E-state index contributed by atoms with van der Waals surface area (Å²) >= 11 is 13.0. The standard InChI is InChI=1S/C30H31Cl2N3O7S/c31-24-3-1-4-25(32)28(24)29-23(30(42-33-29)18-6-7-18)16-41-26-14-22-13-19(26)15-34(22)20-8-10-21(11-9-20)35(17-36)43(39,40)12-2-5-27(37)38/h1,3-4,8-11,17-19,22,26H,2,5-7,12-16H2,(H,37,38)/t19-,22-,26+/m0/s1. The van der Waals surface area contributed by atoms with E-state index in [-0.39, 0.29) is 37.1 Å². The third-order valence-electron chi connectivity index (χ3n) is 8.51. The summed E-state index contributed by atoms with van der Waals surface area (Å²) in [5.41, 5.74) is 3.36. The van der Waals surface area contributed by atoms with E-state index >= 15 is 0 Å². The highest BCUT2D eigenvalue weighted by molar-refractivity contribution is 7.93. The molecule has 1 saturated heterocycles. The Kier molecular flexibility index (Phi) is 8.43. The fourth-order valence-electron chi connectivity index (χ4n) is 6.25. The molecule has 0 spiro atoms. The molecule has 10 nitrogen and oxygen atoms in total.